The molecule has 0 aliphatic carbocycles. The number of aryl methyl sites for hydroxylation is 2. The number of benzene rings is 2. The average Bonchev–Trinajstić information content (AvgIpc) is 2.78. The lowest BCUT2D eigenvalue weighted by molar-refractivity contribution is 0.0730. The quantitative estimate of drug-likeness (QED) is 0.599. The van der Waals surface area contributed by atoms with Crippen LogP contribution < -0.4 is 10.1 Å². The summed E-state index contributed by atoms with van der Waals surface area (Å²) in [5.74, 6) is 0.600. The number of morpholine rings is 1. The van der Waals surface area contributed by atoms with E-state index in [-0.39, 0.29) is 10.8 Å². The van der Waals surface area contributed by atoms with Crippen molar-refractivity contribution in [1.29, 1.82) is 0 Å². The zero-order valence-electron chi connectivity index (χ0n) is 18.1. The highest BCUT2D eigenvalue weighted by molar-refractivity contribution is 7.89. The van der Waals surface area contributed by atoms with Crippen molar-refractivity contribution in [2.24, 2.45) is 0 Å². The second-order valence-corrected chi connectivity index (χ2v) is 9.33. The number of sulfonamides is 1. The minimum absolute atomic E-state index is 0.135. The van der Waals surface area contributed by atoms with Gasteiger partial charge in [-0.25, -0.2) is 8.42 Å². The number of hydrogen-bond donors (Lipinski definition) is 1. The molecule has 1 aliphatic rings. The number of nitrogens with zero attached hydrogens (tertiary/aromatic N) is 1. The molecule has 7 nitrogen and oxygen atoms in total. The van der Waals surface area contributed by atoms with Crippen molar-refractivity contribution in [2.75, 3.05) is 39.5 Å². The number of carbonyl (C=O) groups is 1. The summed E-state index contributed by atoms with van der Waals surface area (Å²) in [6.45, 7) is 6.25. The van der Waals surface area contributed by atoms with Gasteiger partial charge in [-0.1, -0.05) is 24.3 Å². The molecular formula is C23H30N2O5S. The monoisotopic (exact) mass is 446 g/mol. The van der Waals surface area contributed by atoms with E-state index in [1.165, 1.54) is 10.4 Å². The van der Waals surface area contributed by atoms with Crippen LogP contribution in [0.15, 0.2) is 47.4 Å². The fraction of sp³-hybridized carbons (Fsp3) is 0.435. The van der Waals surface area contributed by atoms with Gasteiger partial charge in [-0.2, -0.15) is 4.31 Å². The van der Waals surface area contributed by atoms with Crippen molar-refractivity contribution >= 4 is 15.9 Å². The molecular weight excluding hydrogens is 416 g/mol. The third-order valence-corrected chi connectivity index (χ3v) is 7.14. The van der Waals surface area contributed by atoms with Gasteiger partial charge in [0.1, 0.15) is 5.75 Å². The fourth-order valence-corrected chi connectivity index (χ4v) is 4.96. The van der Waals surface area contributed by atoms with Crippen molar-refractivity contribution in [1.82, 2.24) is 9.62 Å². The van der Waals surface area contributed by atoms with Gasteiger partial charge in [-0.3, -0.25) is 4.79 Å². The highest BCUT2D eigenvalue weighted by Crippen LogP contribution is 2.21. The van der Waals surface area contributed by atoms with E-state index < -0.39 is 10.0 Å². The molecule has 168 valence electrons. The van der Waals surface area contributed by atoms with Crippen LogP contribution in [0.2, 0.25) is 0 Å². The Labute approximate surface area is 184 Å². The maximum atomic E-state index is 12.9. The van der Waals surface area contributed by atoms with Gasteiger partial charge in [-0.05, 0) is 56.0 Å². The van der Waals surface area contributed by atoms with Crippen molar-refractivity contribution in [2.45, 2.75) is 31.6 Å². The van der Waals surface area contributed by atoms with Crippen molar-refractivity contribution in [3.05, 3.63) is 59.2 Å². The number of carbonyl (C=O) groups excluding carboxylic acids is 1. The Kier molecular flexibility index (Phi) is 8.06. The topological polar surface area (TPSA) is 84.9 Å². The van der Waals surface area contributed by atoms with Gasteiger partial charge in [0, 0.05) is 25.2 Å². The summed E-state index contributed by atoms with van der Waals surface area (Å²) < 4.78 is 38.1. The van der Waals surface area contributed by atoms with E-state index in [1.807, 2.05) is 31.2 Å². The first-order chi connectivity index (χ1) is 14.9. The van der Waals surface area contributed by atoms with E-state index in [9.17, 15) is 13.2 Å². The van der Waals surface area contributed by atoms with Crippen LogP contribution >= 0.6 is 0 Å². The number of ether oxygens (including phenoxy) is 2. The molecule has 0 atom stereocenters. The molecule has 1 fully saturated rings. The Morgan fingerprint density at radius 1 is 1.16 bits per heavy atom. The van der Waals surface area contributed by atoms with Crippen molar-refractivity contribution in [3.63, 3.8) is 0 Å². The van der Waals surface area contributed by atoms with E-state index in [0.717, 1.165) is 29.7 Å². The molecule has 0 saturated carbocycles. The van der Waals surface area contributed by atoms with Crippen LogP contribution in [0.25, 0.3) is 0 Å². The second-order valence-electron chi connectivity index (χ2n) is 7.39. The summed E-state index contributed by atoms with van der Waals surface area (Å²) in [5, 5.41) is 2.91. The Balaban J connectivity index is 1.62. The molecule has 0 unspecified atom stereocenters. The van der Waals surface area contributed by atoms with Crippen LogP contribution in [0.1, 0.15) is 34.8 Å². The SMILES string of the molecule is CCOc1ccccc1CCCNC(=O)c1cc(S(=O)(=O)N2CCOCC2)ccc1C. The van der Waals surface area contributed by atoms with Gasteiger partial charge < -0.3 is 14.8 Å². The first-order valence-electron chi connectivity index (χ1n) is 10.6. The summed E-state index contributed by atoms with van der Waals surface area (Å²) in [4.78, 5) is 12.9. The summed E-state index contributed by atoms with van der Waals surface area (Å²) in [6.07, 6.45) is 1.53. The van der Waals surface area contributed by atoms with E-state index >= 15 is 0 Å². The molecule has 2 aromatic rings. The maximum absolute atomic E-state index is 12.9. The third kappa shape index (κ3) is 5.84. The lowest BCUT2D eigenvalue weighted by atomic mass is 10.1. The lowest BCUT2D eigenvalue weighted by Gasteiger charge is -2.26. The molecule has 0 bridgehead atoms. The molecule has 31 heavy (non-hydrogen) atoms. The van der Waals surface area contributed by atoms with E-state index in [2.05, 4.69) is 5.32 Å². The van der Waals surface area contributed by atoms with E-state index in [4.69, 9.17) is 9.47 Å². The normalized spacial score (nSPS) is 14.9. The third-order valence-electron chi connectivity index (χ3n) is 5.24. The second kappa shape index (κ2) is 10.7. The molecule has 2 aromatic carbocycles. The van der Waals surface area contributed by atoms with Gasteiger partial charge in [0.05, 0.1) is 24.7 Å². The van der Waals surface area contributed by atoms with E-state index in [0.29, 0.717) is 45.0 Å². The Bertz CT molecular complexity index is 1000. The number of hydrogen-bond acceptors (Lipinski definition) is 5. The van der Waals surface area contributed by atoms with Crippen LogP contribution in [0.4, 0.5) is 0 Å². The first-order valence-corrected chi connectivity index (χ1v) is 12.0. The molecule has 1 aliphatic heterocycles. The zero-order chi connectivity index (χ0) is 22.3. The molecule has 1 amide bonds. The van der Waals surface area contributed by atoms with Crippen LogP contribution in [-0.2, 0) is 21.2 Å². The number of nitrogens with one attached hydrogen (secondary N) is 1. The Hall–Kier alpha value is -2.42. The molecule has 3 rings (SSSR count). The molecule has 1 N–H and O–H groups in total. The predicted molar refractivity (Wildman–Crippen MR) is 119 cm³/mol. The molecule has 1 heterocycles. The number of rotatable bonds is 9. The number of amides is 1. The smallest absolute Gasteiger partial charge is 0.251 e. The fourth-order valence-electron chi connectivity index (χ4n) is 3.52. The predicted octanol–water partition coefficient (Wildman–Crippen LogP) is 2.78. The standard InChI is InChI=1S/C23H30N2O5S/c1-3-30-22-9-5-4-7-19(22)8-6-12-24-23(26)21-17-20(11-10-18(21)2)31(27,28)25-13-15-29-16-14-25/h4-5,7,9-11,17H,3,6,8,12-16H2,1-2H3,(H,24,26). The van der Waals surface area contributed by atoms with Gasteiger partial charge >= 0.3 is 0 Å². The summed E-state index contributed by atoms with van der Waals surface area (Å²) in [7, 11) is -3.65. The Morgan fingerprint density at radius 3 is 2.65 bits per heavy atom. The average molecular weight is 447 g/mol. The van der Waals surface area contributed by atoms with Crippen LogP contribution in [0.5, 0.6) is 5.75 Å². The molecule has 8 heteroatoms. The van der Waals surface area contributed by atoms with Gasteiger partial charge in [0.25, 0.3) is 5.91 Å². The first kappa shape index (κ1) is 23.2. The summed E-state index contributed by atoms with van der Waals surface area (Å²) in [6, 6.07) is 12.6. The molecule has 1 saturated heterocycles. The number of para-hydroxylation sites is 1. The molecule has 0 spiro atoms. The van der Waals surface area contributed by atoms with Crippen LogP contribution in [-0.4, -0.2) is 58.1 Å². The minimum atomic E-state index is -3.65. The van der Waals surface area contributed by atoms with Gasteiger partial charge in [-0.15, -0.1) is 0 Å². The Morgan fingerprint density at radius 2 is 1.90 bits per heavy atom. The van der Waals surface area contributed by atoms with E-state index in [1.54, 1.807) is 19.1 Å². The summed E-state index contributed by atoms with van der Waals surface area (Å²) >= 11 is 0. The van der Waals surface area contributed by atoms with Crippen LogP contribution in [0, 0.1) is 6.92 Å². The van der Waals surface area contributed by atoms with Gasteiger partial charge in [0.2, 0.25) is 10.0 Å². The largest absolute Gasteiger partial charge is 0.494 e. The highest BCUT2D eigenvalue weighted by Gasteiger charge is 2.27. The summed E-state index contributed by atoms with van der Waals surface area (Å²) in [5.41, 5.74) is 2.22. The molecule has 0 radical (unpaired) electrons. The lowest BCUT2D eigenvalue weighted by Crippen LogP contribution is -2.40. The zero-order valence-corrected chi connectivity index (χ0v) is 18.9. The highest BCUT2D eigenvalue weighted by atomic mass is 32.2. The van der Waals surface area contributed by atoms with Crippen molar-refractivity contribution in [3.8, 4) is 5.75 Å². The molecule has 0 aromatic heterocycles. The van der Waals surface area contributed by atoms with Crippen molar-refractivity contribution < 1.29 is 22.7 Å². The van der Waals surface area contributed by atoms with Gasteiger partial charge in [0.15, 0.2) is 0 Å². The maximum Gasteiger partial charge on any atom is 0.251 e. The van der Waals surface area contributed by atoms with Crippen LogP contribution in [0.3, 0.4) is 0 Å². The minimum Gasteiger partial charge on any atom is -0.494 e.